The number of nitrogens with one attached hydrogen (secondary N) is 2. The Morgan fingerprint density at radius 2 is 1.52 bits per heavy atom. The molecule has 0 heterocycles. The summed E-state index contributed by atoms with van der Waals surface area (Å²) in [6, 6.07) is 15.6. The van der Waals surface area contributed by atoms with Gasteiger partial charge < -0.3 is 15.7 Å². The van der Waals surface area contributed by atoms with Crippen LogP contribution in [-0.4, -0.2) is 29.6 Å². The number of aliphatic hydroxyl groups is 1. The summed E-state index contributed by atoms with van der Waals surface area (Å²) < 4.78 is 0. The zero-order chi connectivity index (χ0) is 16.7. The van der Waals surface area contributed by atoms with Crippen molar-refractivity contribution in [2.45, 2.75) is 19.4 Å². The van der Waals surface area contributed by atoms with E-state index in [1.54, 1.807) is 31.2 Å². The summed E-state index contributed by atoms with van der Waals surface area (Å²) in [5.41, 5.74) is 1.68. The van der Waals surface area contributed by atoms with Gasteiger partial charge in [-0.3, -0.25) is 9.59 Å². The minimum atomic E-state index is -0.445. The monoisotopic (exact) mass is 312 g/mol. The van der Waals surface area contributed by atoms with Gasteiger partial charge in [0.05, 0.1) is 6.10 Å². The summed E-state index contributed by atoms with van der Waals surface area (Å²) in [4.78, 5) is 24.0. The van der Waals surface area contributed by atoms with Crippen LogP contribution in [0.2, 0.25) is 0 Å². The Bertz CT molecular complexity index is 652. The van der Waals surface area contributed by atoms with Crippen LogP contribution in [-0.2, 0) is 0 Å². The molecular weight excluding hydrogens is 292 g/mol. The molecule has 3 N–H and O–H groups in total. The molecule has 5 nitrogen and oxygen atoms in total. The van der Waals surface area contributed by atoms with Gasteiger partial charge in [0.1, 0.15) is 0 Å². The van der Waals surface area contributed by atoms with Gasteiger partial charge in [0.15, 0.2) is 0 Å². The maximum absolute atomic E-state index is 12.1. The molecule has 0 aliphatic heterocycles. The number of hydrogen-bond acceptors (Lipinski definition) is 3. The summed E-state index contributed by atoms with van der Waals surface area (Å²) in [6.07, 6.45) is 0.0582. The van der Waals surface area contributed by atoms with Crippen LogP contribution in [0.3, 0.4) is 0 Å². The van der Waals surface area contributed by atoms with E-state index in [-0.39, 0.29) is 11.8 Å². The maximum Gasteiger partial charge on any atom is 0.255 e. The standard InChI is InChI=1S/C18H20N2O3/c1-13(21)11-12-19-17(22)14-7-9-15(10-8-14)18(23)20-16-5-3-2-4-6-16/h2-10,13,21H,11-12H2,1H3,(H,19,22)(H,20,23). The summed E-state index contributed by atoms with van der Waals surface area (Å²) in [6.45, 7) is 2.08. The van der Waals surface area contributed by atoms with Crippen LogP contribution in [0, 0.1) is 0 Å². The number of rotatable bonds is 6. The van der Waals surface area contributed by atoms with E-state index in [1.165, 1.54) is 0 Å². The van der Waals surface area contributed by atoms with Crippen molar-refractivity contribution in [3.8, 4) is 0 Å². The van der Waals surface area contributed by atoms with Crippen LogP contribution in [0.5, 0.6) is 0 Å². The first-order valence-corrected chi connectivity index (χ1v) is 7.49. The van der Waals surface area contributed by atoms with Crippen LogP contribution >= 0.6 is 0 Å². The highest BCUT2D eigenvalue weighted by Crippen LogP contribution is 2.10. The van der Waals surface area contributed by atoms with Crippen molar-refractivity contribution in [3.05, 3.63) is 65.7 Å². The van der Waals surface area contributed by atoms with Crippen LogP contribution < -0.4 is 10.6 Å². The Morgan fingerprint density at radius 1 is 0.957 bits per heavy atom. The molecule has 2 aromatic rings. The molecular formula is C18H20N2O3. The van der Waals surface area contributed by atoms with E-state index >= 15 is 0 Å². The minimum Gasteiger partial charge on any atom is -0.393 e. The van der Waals surface area contributed by atoms with Gasteiger partial charge in [-0.2, -0.15) is 0 Å². The van der Waals surface area contributed by atoms with Crippen molar-refractivity contribution >= 4 is 17.5 Å². The second-order valence-corrected chi connectivity index (χ2v) is 5.29. The number of carbonyl (C=O) groups is 2. The molecule has 2 amide bonds. The van der Waals surface area contributed by atoms with Crippen molar-refractivity contribution < 1.29 is 14.7 Å². The number of aliphatic hydroxyl groups excluding tert-OH is 1. The van der Waals surface area contributed by atoms with Crippen molar-refractivity contribution in [1.82, 2.24) is 5.32 Å². The molecule has 0 radical (unpaired) electrons. The lowest BCUT2D eigenvalue weighted by Crippen LogP contribution is -2.26. The highest BCUT2D eigenvalue weighted by atomic mass is 16.3. The molecule has 0 bridgehead atoms. The Kier molecular flexibility index (Phi) is 5.88. The van der Waals surface area contributed by atoms with Gasteiger partial charge in [-0.05, 0) is 49.7 Å². The Morgan fingerprint density at radius 3 is 2.09 bits per heavy atom. The Labute approximate surface area is 135 Å². The van der Waals surface area contributed by atoms with E-state index in [2.05, 4.69) is 10.6 Å². The molecule has 0 aliphatic carbocycles. The zero-order valence-corrected chi connectivity index (χ0v) is 13.0. The van der Waals surface area contributed by atoms with Crippen molar-refractivity contribution in [2.24, 2.45) is 0 Å². The molecule has 23 heavy (non-hydrogen) atoms. The van der Waals surface area contributed by atoms with E-state index in [0.717, 1.165) is 5.69 Å². The molecule has 0 aliphatic rings. The van der Waals surface area contributed by atoms with E-state index in [1.807, 2.05) is 30.3 Å². The van der Waals surface area contributed by atoms with E-state index in [0.29, 0.717) is 24.1 Å². The lowest BCUT2D eigenvalue weighted by atomic mass is 10.1. The molecule has 1 unspecified atom stereocenters. The SMILES string of the molecule is CC(O)CCNC(=O)c1ccc(C(=O)Nc2ccccc2)cc1. The van der Waals surface area contributed by atoms with Gasteiger partial charge >= 0.3 is 0 Å². The molecule has 0 fully saturated rings. The van der Waals surface area contributed by atoms with E-state index in [4.69, 9.17) is 5.11 Å². The summed E-state index contributed by atoms with van der Waals surface area (Å²) in [7, 11) is 0. The molecule has 120 valence electrons. The predicted octanol–water partition coefficient (Wildman–Crippen LogP) is 2.44. The van der Waals surface area contributed by atoms with E-state index in [9.17, 15) is 9.59 Å². The van der Waals surface area contributed by atoms with Gasteiger partial charge in [0.2, 0.25) is 0 Å². The average Bonchev–Trinajstić information content (AvgIpc) is 2.55. The molecule has 5 heteroatoms. The quantitative estimate of drug-likeness (QED) is 0.766. The van der Waals surface area contributed by atoms with Crippen molar-refractivity contribution in [2.75, 3.05) is 11.9 Å². The Balaban J connectivity index is 1.93. The third kappa shape index (κ3) is 5.23. The second kappa shape index (κ2) is 8.10. The van der Waals surface area contributed by atoms with Crippen LogP contribution in [0.4, 0.5) is 5.69 Å². The summed E-state index contributed by atoms with van der Waals surface area (Å²) >= 11 is 0. The summed E-state index contributed by atoms with van der Waals surface area (Å²) in [5, 5.41) is 14.7. The molecule has 0 saturated heterocycles. The topological polar surface area (TPSA) is 78.4 Å². The minimum absolute atomic E-state index is 0.222. The lowest BCUT2D eigenvalue weighted by Gasteiger charge is -2.08. The van der Waals surface area contributed by atoms with Gasteiger partial charge in [-0.15, -0.1) is 0 Å². The number of para-hydroxylation sites is 1. The first kappa shape index (κ1) is 16.7. The average molecular weight is 312 g/mol. The predicted molar refractivity (Wildman–Crippen MR) is 89.5 cm³/mol. The number of benzene rings is 2. The molecule has 2 rings (SSSR count). The lowest BCUT2D eigenvalue weighted by molar-refractivity contribution is 0.0943. The largest absolute Gasteiger partial charge is 0.393 e. The first-order chi connectivity index (χ1) is 11.1. The zero-order valence-electron chi connectivity index (χ0n) is 13.0. The molecule has 0 spiro atoms. The number of carbonyl (C=O) groups excluding carboxylic acids is 2. The number of anilines is 1. The number of hydrogen-bond donors (Lipinski definition) is 3. The fourth-order valence-electron chi connectivity index (χ4n) is 1.99. The summed E-state index contributed by atoms with van der Waals surface area (Å²) in [5.74, 6) is -0.446. The molecule has 2 aromatic carbocycles. The third-order valence-electron chi connectivity index (χ3n) is 3.29. The smallest absolute Gasteiger partial charge is 0.255 e. The van der Waals surface area contributed by atoms with Crippen molar-refractivity contribution in [3.63, 3.8) is 0 Å². The van der Waals surface area contributed by atoms with Gasteiger partial charge in [-0.25, -0.2) is 0 Å². The van der Waals surface area contributed by atoms with Gasteiger partial charge in [0, 0.05) is 23.4 Å². The fraction of sp³-hybridized carbons (Fsp3) is 0.222. The van der Waals surface area contributed by atoms with Gasteiger partial charge in [-0.1, -0.05) is 18.2 Å². The van der Waals surface area contributed by atoms with Gasteiger partial charge in [0.25, 0.3) is 11.8 Å². The van der Waals surface area contributed by atoms with E-state index < -0.39 is 6.10 Å². The molecule has 1 atom stereocenters. The second-order valence-electron chi connectivity index (χ2n) is 5.29. The molecule has 0 saturated carbocycles. The third-order valence-corrected chi connectivity index (χ3v) is 3.29. The Hall–Kier alpha value is -2.66. The van der Waals surface area contributed by atoms with Crippen LogP contribution in [0.1, 0.15) is 34.1 Å². The molecule has 0 aromatic heterocycles. The highest BCUT2D eigenvalue weighted by molar-refractivity contribution is 6.05. The van der Waals surface area contributed by atoms with Crippen molar-refractivity contribution in [1.29, 1.82) is 0 Å². The number of amides is 2. The maximum atomic E-state index is 12.1. The normalized spacial score (nSPS) is 11.6. The fourth-order valence-corrected chi connectivity index (χ4v) is 1.99. The van der Waals surface area contributed by atoms with Crippen LogP contribution in [0.15, 0.2) is 54.6 Å². The highest BCUT2D eigenvalue weighted by Gasteiger charge is 2.09. The van der Waals surface area contributed by atoms with Crippen LogP contribution in [0.25, 0.3) is 0 Å². The first-order valence-electron chi connectivity index (χ1n) is 7.49.